The number of carbonyl (C=O) groups excluding carboxylic acids is 6. The van der Waals surface area contributed by atoms with Crippen LogP contribution >= 0.6 is 0 Å². The average Bonchev–Trinajstić information content (AvgIpc) is 2.85. The van der Waals surface area contributed by atoms with E-state index in [4.69, 9.17) is 9.47 Å². The fourth-order valence-corrected chi connectivity index (χ4v) is 2.89. The molecular formula is C24H54Er2N2O26+10. The normalized spacial score (nSPS) is 7.26. The summed E-state index contributed by atoms with van der Waals surface area (Å²) < 4.78 is 9.65. The molecule has 0 heterocycles. The molecule has 54 heavy (non-hydrogen) atoms. The Morgan fingerprint density at radius 1 is 0.389 bits per heavy atom. The van der Waals surface area contributed by atoms with E-state index in [1.165, 1.54) is 48.5 Å². The van der Waals surface area contributed by atoms with E-state index >= 15 is 0 Å². The van der Waals surface area contributed by atoms with Gasteiger partial charge in [-0.25, -0.2) is 0 Å². The number of benzene rings is 2. The van der Waals surface area contributed by atoms with Gasteiger partial charge in [0.1, 0.15) is 24.7 Å². The summed E-state index contributed by atoms with van der Waals surface area (Å²) in [5.74, 6) is -8.09. The first-order chi connectivity index (χ1) is 18.8. The van der Waals surface area contributed by atoms with Crippen LogP contribution in [0.3, 0.4) is 0 Å². The molecule has 0 unspecified atom stereocenters. The van der Waals surface area contributed by atoms with Crippen molar-refractivity contribution >= 4 is 47.2 Å². The van der Waals surface area contributed by atoms with Gasteiger partial charge >= 0.3 is 74.6 Å². The second-order valence-corrected chi connectivity index (χ2v) is 7.51. The van der Waals surface area contributed by atoms with Gasteiger partial charge in [-0.1, -0.05) is 0 Å². The van der Waals surface area contributed by atoms with Crippen LogP contribution < -0.4 is 49.9 Å². The van der Waals surface area contributed by atoms with Crippen LogP contribution in [0.5, 0.6) is 11.5 Å². The Bertz CT molecular complexity index is 1080. The molecule has 2 rings (SSSR count). The molecule has 2 aromatic carbocycles. The quantitative estimate of drug-likeness (QED) is 0.141. The minimum atomic E-state index is -1.44. The van der Waals surface area contributed by atoms with Crippen molar-refractivity contribution in [3.63, 3.8) is 0 Å². The number of ether oxygens (including phenoxy) is 2. The van der Waals surface area contributed by atoms with Crippen LogP contribution in [0.2, 0.25) is 0 Å². The predicted octanol–water partition coefficient (Wildman–Crippen LogP) is -18.6. The van der Waals surface area contributed by atoms with Crippen LogP contribution in [0, 0.1) is 74.6 Å². The third-order valence-electron chi connectivity index (χ3n) is 4.40. The molecule has 2 aromatic rings. The first-order valence-corrected chi connectivity index (χ1v) is 10.9. The van der Waals surface area contributed by atoms with Gasteiger partial charge in [0, 0.05) is 11.4 Å². The van der Waals surface area contributed by atoms with Crippen molar-refractivity contribution in [1.29, 1.82) is 0 Å². The maximum absolute atomic E-state index is 10.5. The summed E-state index contributed by atoms with van der Waals surface area (Å²) in [5, 5.41) is 62.6. The van der Waals surface area contributed by atoms with Crippen molar-refractivity contribution in [2.75, 3.05) is 49.2 Å². The van der Waals surface area contributed by atoms with Gasteiger partial charge in [0.25, 0.3) is 0 Å². The second-order valence-electron chi connectivity index (χ2n) is 7.51. The third-order valence-corrected chi connectivity index (χ3v) is 4.40. The molecule has 0 saturated heterocycles. The van der Waals surface area contributed by atoms with Gasteiger partial charge in [0.05, 0.1) is 62.0 Å². The first kappa shape index (κ1) is 92.9. The Hall–Kier alpha value is -3.53. The molecule has 2 radical (unpaired) electrons. The van der Waals surface area contributed by atoms with E-state index in [9.17, 15) is 59.4 Å². The van der Waals surface area contributed by atoms with E-state index in [0.717, 1.165) is 9.80 Å². The van der Waals surface area contributed by atoms with E-state index < -0.39 is 75.2 Å². The molecule has 0 atom stereocenters. The number of carbonyl (C=O) groups is 6. The van der Waals surface area contributed by atoms with Crippen LogP contribution in [-0.4, -0.2) is 86.2 Å². The molecule has 34 N–H and O–H groups in total. The summed E-state index contributed by atoms with van der Waals surface area (Å²) in [6.45, 7) is -3.72. The van der Waals surface area contributed by atoms with Crippen LogP contribution in [-0.2, 0) is 83.5 Å². The second kappa shape index (κ2) is 49.5. The minimum Gasteiger partial charge on any atom is -0.548 e. The number of carboxylic acids is 6. The summed E-state index contributed by atoms with van der Waals surface area (Å²) in [6.07, 6.45) is 0. The Labute approximate surface area is 363 Å². The predicted molar refractivity (Wildman–Crippen MR) is 174 cm³/mol. The van der Waals surface area contributed by atoms with Gasteiger partial charge in [0.2, 0.25) is 0 Å². The molecule has 0 saturated carbocycles. The monoisotopic (exact) mass is 1120 g/mol. The summed E-state index contributed by atoms with van der Waals surface area (Å²) in [6, 6.07) is 11.0. The number of hydrogen-bond donors (Lipinski definition) is 0. The van der Waals surface area contributed by atoms with Crippen molar-refractivity contribution in [3.05, 3.63) is 48.5 Å². The van der Waals surface area contributed by atoms with Crippen molar-refractivity contribution in [3.8, 4) is 11.5 Å². The van der Waals surface area contributed by atoms with Crippen molar-refractivity contribution in [2.24, 2.45) is 0 Å². The van der Waals surface area contributed by atoms with Crippen LogP contribution in [0.4, 0.5) is 11.4 Å². The summed E-state index contributed by atoms with van der Waals surface area (Å²) in [5.41, 5.74) is 0.582. The Morgan fingerprint density at radius 2 is 0.574 bits per heavy atom. The molecule has 0 aliphatic carbocycles. The van der Waals surface area contributed by atoms with Gasteiger partial charge in [-0.05, 0) is 48.5 Å². The minimum absolute atomic E-state index is 0. The zero-order chi connectivity index (χ0) is 30.2. The topological polar surface area (TPSA) is 659 Å². The van der Waals surface area contributed by atoms with Gasteiger partial charge in [-0.3, -0.25) is 0 Å². The van der Waals surface area contributed by atoms with Crippen molar-refractivity contribution < 1.29 is 209 Å². The van der Waals surface area contributed by atoms with E-state index in [1.807, 2.05) is 0 Å². The van der Waals surface area contributed by atoms with E-state index in [-0.39, 0.29) is 152 Å². The van der Waals surface area contributed by atoms with Crippen LogP contribution in [0.1, 0.15) is 0 Å². The smallest absolute Gasteiger partial charge is 0.548 e. The zero-order valence-electron chi connectivity index (χ0n) is 27.8. The first-order valence-electron chi connectivity index (χ1n) is 10.9. The van der Waals surface area contributed by atoms with E-state index in [1.54, 1.807) is 0 Å². The number of hydrogen-bond acceptors (Lipinski definition) is 16. The molecule has 0 spiro atoms. The molecule has 28 nitrogen and oxygen atoms in total. The number of carboxylic acid groups (broad SMARTS) is 6. The van der Waals surface area contributed by atoms with Gasteiger partial charge in [-0.15, -0.1) is 0 Å². The average molecular weight is 1120 g/mol. The zero-order valence-corrected chi connectivity index (χ0v) is 31.5. The van der Waals surface area contributed by atoms with Crippen molar-refractivity contribution in [1.82, 2.24) is 0 Å². The van der Waals surface area contributed by atoms with Gasteiger partial charge in [-0.2, -0.15) is 0 Å². The largest absolute Gasteiger partial charge is 3.00 e. The third kappa shape index (κ3) is 42.9. The Kier molecular flexibility index (Phi) is 85.1. The van der Waals surface area contributed by atoms with E-state index in [0.29, 0.717) is 11.4 Å². The molecule has 0 fully saturated rings. The standard InChI is InChI=1S/2C12H13NO7.2Er.12H2O/c2*14-10(15)5-13(6-11(16)17)8-1-3-9(4-2-8)20-7-12(18)19;;;;;;;;;;;;;;/h2*1-4H,5-7H2,(H,14,15)(H,16,17)(H,18,19);;;12*1H2/q;;2*+3;;;;;;;;;;;;/p+4. The number of rotatable bonds is 16. The number of anilines is 2. The molecule has 0 aliphatic rings. The maximum atomic E-state index is 10.5. The Morgan fingerprint density at radius 3 is 0.722 bits per heavy atom. The van der Waals surface area contributed by atoms with Crippen molar-refractivity contribution in [2.45, 2.75) is 0 Å². The summed E-state index contributed by atoms with van der Waals surface area (Å²) in [7, 11) is 0. The number of nitrogens with zero attached hydrogens (tertiary/aromatic N) is 2. The molecular weight excluding hydrogens is 1070 g/mol. The fraction of sp³-hybridized carbons (Fsp3) is 0.250. The Balaban J connectivity index is -0.0000000392. The molecule has 330 valence electrons. The van der Waals surface area contributed by atoms with Gasteiger partial charge in [0.15, 0.2) is 0 Å². The van der Waals surface area contributed by atoms with E-state index in [2.05, 4.69) is 0 Å². The molecule has 0 amide bonds. The van der Waals surface area contributed by atoms with Crippen LogP contribution in [0.25, 0.3) is 0 Å². The summed E-state index contributed by atoms with van der Waals surface area (Å²) in [4.78, 5) is 64.6. The van der Waals surface area contributed by atoms with Gasteiger partial charge < -0.3 is 144 Å². The molecule has 0 aromatic heterocycles. The molecule has 0 aliphatic heterocycles. The number of aliphatic carboxylic acids is 6. The maximum Gasteiger partial charge on any atom is 3.00 e. The summed E-state index contributed by atoms with van der Waals surface area (Å²) >= 11 is 0. The SMILES string of the molecule is O.O.O=C([O-])COc1ccc(N(CC(=O)[O-])CC(=O)[O-])cc1.O=C([O-])COc1ccc(N(CC(=O)[O-])CC(=O)[O-])cc1.[Er+3].[Er+3].[OH3+].[OH3+].[OH3+].[OH3+].[OH3+].[OH3+].[OH3+].[OH3+].[OH3+].[OH3+]. The molecule has 30 heteroatoms. The molecule has 0 bridgehead atoms. The van der Waals surface area contributed by atoms with Crippen LogP contribution in [0.15, 0.2) is 48.5 Å². The fourth-order valence-electron chi connectivity index (χ4n) is 2.89.